The van der Waals surface area contributed by atoms with Crippen LogP contribution in [0.25, 0.3) is 0 Å². The highest BCUT2D eigenvalue weighted by molar-refractivity contribution is 5.98. The third-order valence-corrected chi connectivity index (χ3v) is 10.6. The number of Topliss-reactive ketones (excluding diaryl/α,β-unsaturated/α-hetero) is 1. The second-order valence-corrected chi connectivity index (χ2v) is 11.4. The predicted molar refractivity (Wildman–Crippen MR) is 93.8 cm³/mol. The number of carbonyl (C=O) groups excluding carboxylic acids is 1. The SMILES string of the molecule is CC1(C)CCC[C@@]2(C)[C@H]1CC[C@]13CC4(OCCO4)[C@@]4(C)C[C@@]12C3C4=O. The van der Waals surface area contributed by atoms with E-state index in [4.69, 9.17) is 9.47 Å². The highest BCUT2D eigenvalue weighted by atomic mass is 16.7. The molecule has 1 saturated heterocycles. The van der Waals surface area contributed by atoms with Crippen molar-refractivity contribution in [2.45, 2.75) is 78.4 Å². The van der Waals surface area contributed by atoms with Gasteiger partial charge < -0.3 is 9.47 Å². The summed E-state index contributed by atoms with van der Waals surface area (Å²) < 4.78 is 12.4. The van der Waals surface area contributed by atoms with Crippen LogP contribution in [0.3, 0.4) is 0 Å². The highest BCUT2D eigenvalue weighted by Crippen LogP contribution is 2.96. The van der Waals surface area contributed by atoms with Gasteiger partial charge in [0.05, 0.1) is 18.6 Å². The van der Waals surface area contributed by atoms with Crippen molar-refractivity contribution in [1.29, 1.82) is 0 Å². The van der Waals surface area contributed by atoms with Crippen molar-refractivity contribution in [2.75, 3.05) is 13.2 Å². The van der Waals surface area contributed by atoms with Gasteiger partial charge in [-0.05, 0) is 66.6 Å². The molecular formula is C22H32O3. The van der Waals surface area contributed by atoms with E-state index in [1.54, 1.807) is 0 Å². The average Bonchev–Trinajstić information content (AvgIpc) is 2.78. The summed E-state index contributed by atoms with van der Waals surface area (Å²) in [5, 5.41) is 0. The van der Waals surface area contributed by atoms with Crippen molar-refractivity contribution >= 4 is 5.78 Å². The van der Waals surface area contributed by atoms with Gasteiger partial charge in [-0.15, -0.1) is 0 Å². The Morgan fingerprint density at radius 1 is 0.960 bits per heavy atom. The van der Waals surface area contributed by atoms with Crippen LogP contribution in [0.1, 0.15) is 72.6 Å². The summed E-state index contributed by atoms with van der Waals surface area (Å²) in [4.78, 5) is 13.7. The topological polar surface area (TPSA) is 35.5 Å². The maximum atomic E-state index is 13.7. The lowest BCUT2D eigenvalue weighted by molar-refractivity contribution is -0.278. The van der Waals surface area contributed by atoms with Crippen LogP contribution in [0.15, 0.2) is 0 Å². The minimum atomic E-state index is -0.603. The predicted octanol–water partition coefficient (Wildman–Crippen LogP) is 4.34. The first-order chi connectivity index (χ1) is 11.7. The Hall–Kier alpha value is -0.410. The quantitative estimate of drug-likeness (QED) is 0.656. The van der Waals surface area contributed by atoms with E-state index < -0.39 is 11.2 Å². The van der Waals surface area contributed by atoms with Gasteiger partial charge in [-0.1, -0.05) is 27.2 Å². The molecule has 6 aliphatic carbocycles. The smallest absolute Gasteiger partial charge is 0.181 e. The second-order valence-electron chi connectivity index (χ2n) is 11.4. The van der Waals surface area contributed by atoms with Crippen molar-refractivity contribution in [1.82, 2.24) is 0 Å². The first-order valence-electron chi connectivity index (χ1n) is 10.5. The number of carbonyl (C=O) groups is 1. The number of ether oxygens (including phenoxy) is 2. The summed E-state index contributed by atoms with van der Waals surface area (Å²) in [6.45, 7) is 11.0. The van der Waals surface area contributed by atoms with Gasteiger partial charge in [0.15, 0.2) is 5.79 Å². The standard InChI is InChI=1S/C22H32O3/c1-17(2)7-5-8-18(3)14(17)6-9-20-13-22(24-10-11-25-22)19(4)12-21(18,20)15(20)16(19)23/h14-15H,5-13H2,1-4H3/t14-,15?,18-,19-,20+,21-/m0/s1. The third-order valence-electron chi connectivity index (χ3n) is 10.6. The molecular weight excluding hydrogens is 312 g/mol. The van der Waals surface area contributed by atoms with Gasteiger partial charge in [0.25, 0.3) is 0 Å². The van der Waals surface area contributed by atoms with Gasteiger partial charge in [-0.25, -0.2) is 0 Å². The number of ketones is 1. The maximum Gasteiger partial charge on any atom is 0.181 e. The van der Waals surface area contributed by atoms with Crippen LogP contribution in [-0.2, 0) is 14.3 Å². The van der Waals surface area contributed by atoms with E-state index in [0.29, 0.717) is 35.7 Å². The average molecular weight is 344 g/mol. The Morgan fingerprint density at radius 2 is 1.68 bits per heavy atom. The van der Waals surface area contributed by atoms with Crippen molar-refractivity contribution in [3.63, 3.8) is 0 Å². The molecule has 7 fully saturated rings. The largest absolute Gasteiger partial charge is 0.346 e. The molecule has 7 rings (SSSR count). The summed E-state index contributed by atoms with van der Waals surface area (Å²) >= 11 is 0. The zero-order valence-electron chi connectivity index (χ0n) is 16.2. The minimum Gasteiger partial charge on any atom is -0.346 e. The molecule has 6 saturated carbocycles. The molecule has 0 amide bonds. The number of hydrogen-bond donors (Lipinski definition) is 0. The monoisotopic (exact) mass is 344 g/mol. The molecule has 6 atom stereocenters. The van der Waals surface area contributed by atoms with Gasteiger partial charge in [-0.2, -0.15) is 0 Å². The molecule has 0 N–H and O–H groups in total. The molecule has 1 heterocycles. The number of rotatable bonds is 0. The fourth-order valence-electron chi connectivity index (χ4n) is 9.77. The third kappa shape index (κ3) is 1.26. The van der Waals surface area contributed by atoms with Crippen LogP contribution in [0.2, 0.25) is 0 Å². The minimum absolute atomic E-state index is 0.185. The highest BCUT2D eigenvalue weighted by Gasteiger charge is 2.97. The summed E-state index contributed by atoms with van der Waals surface area (Å²) in [7, 11) is 0. The molecule has 138 valence electrons. The number of fused-ring (bicyclic) bond motifs is 1. The fraction of sp³-hybridized carbons (Fsp3) is 0.955. The molecule has 3 spiro atoms. The van der Waals surface area contributed by atoms with Crippen molar-refractivity contribution in [3.8, 4) is 0 Å². The van der Waals surface area contributed by atoms with Gasteiger partial charge in [-0.3, -0.25) is 4.79 Å². The van der Waals surface area contributed by atoms with Crippen LogP contribution >= 0.6 is 0 Å². The van der Waals surface area contributed by atoms with Crippen LogP contribution in [0.5, 0.6) is 0 Å². The zero-order valence-corrected chi connectivity index (χ0v) is 16.2. The summed E-state index contributed by atoms with van der Waals surface area (Å²) in [6, 6.07) is 0. The van der Waals surface area contributed by atoms with E-state index >= 15 is 0 Å². The van der Waals surface area contributed by atoms with E-state index in [-0.39, 0.29) is 10.8 Å². The Bertz CT molecular complexity index is 691. The molecule has 0 radical (unpaired) electrons. The maximum absolute atomic E-state index is 13.7. The molecule has 7 aliphatic rings. The molecule has 1 aliphatic heterocycles. The molecule has 1 unspecified atom stereocenters. The van der Waals surface area contributed by atoms with Gasteiger partial charge in [0.2, 0.25) is 0 Å². The van der Waals surface area contributed by atoms with Crippen molar-refractivity contribution < 1.29 is 14.3 Å². The lowest BCUT2D eigenvalue weighted by Gasteiger charge is -2.63. The van der Waals surface area contributed by atoms with Gasteiger partial charge >= 0.3 is 0 Å². The molecule has 0 aromatic carbocycles. The Balaban J connectivity index is 1.52. The first kappa shape index (κ1) is 15.6. The van der Waals surface area contributed by atoms with E-state index in [2.05, 4.69) is 27.7 Å². The van der Waals surface area contributed by atoms with E-state index in [1.807, 2.05) is 0 Å². The second kappa shape index (κ2) is 3.90. The lowest BCUT2D eigenvalue weighted by atomic mass is 9.42. The summed E-state index contributed by atoms with van der Waals surface area (Å²) in [6.07, 6.45) is 8.51. The molecule has 4 bridgehead atoms. The van der Waals surface area contributed by atoms with Crippen molar-refractivity contribution in [3.05, 3.63) is 0 Å². The Labute approximate surface area is 151 Å². The number of hydrogen-bond acceptors (Lipinski definition) is 3. The van der Waals surface area contributed by atoms with E-state index in [0.717, 1.165) is 18.8 Å². The molecule has 3 heteroatoms. The van der Waals surface area contributed by atoms with Crippen molar-refractivity contribution in [2.24, 2.45) is 38.9 Å². The molecule has 0 aromatic heterocycles. The van der Waals surface area contributed by atoms with Gasteiger partial charge in [0, 0.05) is 12.3 Å². The van der Waals surface area contributed by atoms with Crippen LogP contribution in [0, 0.1) is 38.9 Å². The fourth-order valence-corrected chi connectivity index (χ4v) is 9.77. The Kier molecular flexibility index (Phi) is 2.44. The lowest BCUT2D eigenvalue weighted by Crippen LogP contribution is -2.63. The Morgan fingerprint density at radius 3 is 2.40 bits per heavy atom. The molecule has 25 heavy (non-hydrogen) atoms. The van der Waals surface area contributed by atoms with Gasteiger partial charge in [0.1, 0.15) is 5.78 Å². The van der Waals surface area contributed by atoms with Crippen LogP contribution < -0.4 is 0 Å². The molecule has 0 aromatic rings. The van der Waals surface area contributed by atoms with Crippen LogP contribution in [0.4, 0.5) is 0 Å². The first-order valence-corrected chi connectivity index (χ1v) is 10.5. The zero-order chi connectivity index (χ0) is 17.5. The van der Waals surface area contributed by atoms with Crippen LogP contribution in [-0.4, -0.2) is 24.8 Å². The van der Waals surface area contributed by atoms with E-state index in [9.17, 15) is 4.79 Å². The molecule has 3 nitrogen and oxygen atoms in total. The van der Waals surface area contributed by atoms with E-state index in [1.165, 1.54) is 32.1 Å². The normalized spacial score (nSPS) is 59.6. The summed E-state index contributed by atoms with van der Waals surface area (Å²) in [5.41, 5.74) is 0.756. The summed E-state index contributed by atoms with van der Waals surface area (Å²) in [5.74, 6) is 0.952.